The summed E-state index contributed by atoms with van der Waals surface area (Å²) < 4.78 is 143. The van der Waals surface area contributed by atoms with E-state index >= 15 is 0 Å². The number of alkyl halides is 11. The minimum atomic E-state index is -7.15. The molecule has 1 aliphatic rings. The second-order valence-corrected chi connectivity index (χ2v) is 4.17. The first kappa shape index (κ1) is 17.0. The monoisotopic (exact) mass is 322 g/mol. The van der Waals surface area contributed by atoms with Crippen molar-refractivity contribution in [1.29, 1.82) is 0 Å². The number of allylic oxidation sites excluding steroid dienone is 1. The van der Waals surface area contributed by atoms with Crippen molar-refractivity contribution in [3.63, 3.8) is 0 Å². The van der Waals surface area contributed by atoms with E-state index in [1.165, 1.54) is 0 Å². The van der Waals surface area contributed by atoms with Gasteiger partial charge in [-0.05, 0) is 0 Å². The highest BCUT2D eigenvalue weighted by atomic mass is 19.4. The Kier molecular flexibility index (Phi) is 3.22. The van der Waals surface area contributed by atoms with E-state index in [1.807, 2.05) is 0 Å². The van der Waals surface area contributed by atoms with E-state index in [2.05, 4.69) is 6.58 Å². The van der Waals surface area contributed by atoms with Gasteiger partial charge in [0.2, 0.25) is 0 Å². The van der Waals surface area contributed by atoms with Crippen molar-refractivity contribution in [1.82, 2.24) is 0 Å². The third-order valence-electron chi connectivity index (χ3n) is 3.00. The number of rotatable bonds is 2. The Hall–Kier alpha value is -1.03. The van der Waals surface area contributed by atoms with Gasteiger partial charge in [-0.3, -0.25) is 0 Å². The quantitative estimate of drug-likeness (QED) is 0.520. The minimum Gasteiger partial charge on any atom is -0.230 e. The van der Waals surface area contributed by atoms with Gasteiger partial charge in [0.15, 0.2) is 0 Å². The first-order valence-electron chi connectivity index (χ1n) is 4.75. The number of hydrogen-bond acceptors (Lipinski definition) is 0. The summed E-state index contributed by atoms with van der Waals surface area (Å²) in [6, 6.07) is 0. The van der Waals surface area contributed by atoms with E-state index in [0.717, 1.165) is 0 Å². The van der Waals surface area contributed by atoms with Crippen LogP contribution in [-0.4, -0.2) is 35.3 Å². The molecule has 0 unspecified atom stereocenters. The molecular weight excluding hydrogens is 317 g/mol. The van der Waals surface area contributed by atoms with Crippen LogP contribution >= 0.6 is 0 Å². The Morgan fingerprint density at radius 2 is 0.800 bits per heavy atom. The van der Waals surface area contributed by atoms with Gasteiger partial charge in [-0.2, -0.15) is 43.9 Å². The highest BCUT2D eigenvalue weighted by Gasteiger charge is 3.00. The lowest BCUT2D eigenvalue weighted by Gasteiger charge is -2.52. The molecule has 118 valence electrons. The molecule has 1 fully saturated rings. The van der Waals surface area contributed by atoms with E-state index in [-0.39, 0.29) is 6.08 Å². The van der Waals surface area contributed by atoms with Crippen molar-refractivity contribution in [2.75, 3.05) is 0 Å². The summed E-state index contributed by atoms with van der Waals surface area (Å²) in [5, 5.41) is 0. The van der Waals surface area contributed by atoms with Gasteiger partial charge in [-0.15, -0.1) is 6.58 Å². The Bertz CT molecular complexity index is 392. The minimum absolute atomic E-state index is 0.114. The summed E-state index contributed by atoms with van der Waals surface area (Å²) >= 11 is 0. The molecule has 0 nitrogen and oxygen atoms in total. The van der Waals surface area contributed by atoms with Gasteiger partial charge in [0.05, 0.1) is 0 Å². The average molecular weight is 322 g/mol. The third-order valence-corrected chi connectivity index (χ3v) is 3.00. The first-order chi connectivity index (χ1) is 8.56. The van der Waals surface area contributed by atoms with Gasteiger partial charge in [-0.25, -0.2) is 4.39 Å². The van der Waals surface area contributed by atoms with Crippen LogP contribution in [0.5, 0.6) is 0 Å². The highest BCUT2D eigenvalue weighted by Crippen LogP contribution is 2.70. The average Bonchev–Trinajstić information content (AvgIpc) is 2.26. The van der Waals surface area contributed by atoms with E-state index < -0.39 is 41.7 Å². The van der Waals surface area contributed by atoms with Gasteiger partial charge in [0.25, 0.3) is 5.67 Å². The molecule has 1 aliphatic carbocycles. The smallest absolute Gasteiger partial charge is 0.230 e. The SMILES string of the molecule is C=CCC1(F)C(F)(F)C(F)(F)C(F)(F)C(F)(F)C1(F)F. The van der Waals surface area contributed by atoms with Gasteiger partial charge >= 0.3 is 29.6 Å². The maximum absolute atomic E-state index is 13.6. The molecule has 11 heteroatoms. The largest absolute Gasteiger partial charge is 0.384 e. The molecule has 0 spiro atoms. The molecule has 0 radical (unpaired) electrons. The van der Waals surface area contributed by atoms with Crippen LogP contribution in [0.4, 0.5) is 48.3 Å². The summed E-state index contributed by atoms with van der Waals surface area (Å²) in [4.78, 5) is 0. The van der Waals surface area contributed by atoms with E-state index in [9.17, 15) is 48.3 Å². The van der Waals surface area contributed by atoms with Crippen molar-refractivity contribution >= 4 is 0 Å². The molecule has 0 N–H and O–H groups in total. The molecule has 1 saturated carbocycles. The van der Waals surface area contributed by atoms with Crippen LogP contribution < -0.4 is 0 Å². The van der Waals surface area contributed by atoms with E-state index in [1.54, 1.807) is 0 Å². The Morgan fingerprint density at radius 3 is 1.05 bits per heavy atom. The standard InChI is InChI=1S/C9H5F11/c1-2-3-4(10)5(11,12)7(15,16)9(19,20)8(17,18)6(4,13)14/h2H,1,3H2. The van der Waals surface area contributed by atoms with Gasteiger partial charge < -0.3 is 0 Å². The summed E-state index contributed by atoms with van der Waals surface area (Å²) in [6.07, 6.45) is -2.49. The Balaban J connectivity index is 3.78. The zero-order chi connectivity index (χ0) is 16.4. The lowest BCUT2D eigenvalue weighted by molar-refractivity contribution is -0.484. The van der Waals surface area contributed by atoms with Crippen molar-refractivity contribution in [3.8, 4) is 0 Å². The Morgan fingerprint density at radius 1 is 0.550 bits per heavy atom. The maximum atomic E-state index is 13.6. The summed E-state index contributed by atoms with van der Waals surface area (Å²) in [5.74, 6) is -34.7. The lowest BCUT2D eigenvalue weighted by Crippen LogP contribution is -2.83. The molecule has 0 aliphatic heterocycles. The van der Waals surface area contributed by atoms with Crippen LogP contribution in [0, 0.1) is 0 Å². The fraction of sp³-hybridized carbons (Fsp3) is 0.778. The molecule has 0 heterocycles. The van der Waals surface area contributed by atoms with Crippen LogP contribution in [0.25, 0.3) is 0 Å². The molecule has 0 aromatic carbocycles. The predicted molar refractivity (Wildman–Crippen MR) is 43.4 cm³/mol. The lowest BCUT2D eigenvalue weighted by atomic mass is 9.71. The molecular formula is C9H5F11. The van der Waals surface area contributed by atoms with Crippen LogP contribution in [0.2, 0.25) is 0 Å². The summed E-state index contributed by atoms with van der Waals surface area (Å²) in [7, 11) is 0. The topological polar surface area (TPSA) is 0 Å². The van der Waals surface area contributed by atoms with Crippen LogP contribution in [0.3, 0.4) is 0 Å². The molecule has 0 aromatic rings. The molecule has 1 rings (SSSR count). The third kappa shape index (κ3) is 1.33. The van der Waals surface area contributed by atoms with E-state index in [0.29, 0.717) is 0 Å². The number of hydrogen-bond donors (Lipinski definition) is 0. The van der Waals surface area contributed by atoms with Gasteiger partial charge in [0, 0.05) is 6.42 Å². The van der Waals surface area contributed by atoms with Crippen LogP contribution in [-0.2, 0) is 0 Å². The zero-order valence-electron chi connectivity index (χ0n) is 9.15. The van der Waals surface area contributed by atoms with Gasteiger partial charge in [0.1, 0.15) is 0 Å². The molecule has 0 saturated heterocycles. The fourth-order valence-electron chi connectivity index (χ4n) is 1.74. The van der Waals surface area contributed by atoms with Crippen molar-refractivity contribution in [2.24, 2.45) is 0 Å². The molecule has 0 amide bonds. The predicted octanol–water partition coefficient (Wildman–Crippen LogP) is 4.46. The zero-order valence-corrected chi connectivity index (χ0v) is 9.15. The molecule has 0 bridgehead atoms. The van der Waals surface area contributed by atoms with Gasteiger partial charge in [-0.1, -0.05) is 6.08 Å². The van der Waals surface area contributed by atoms with Crippen LogP contribution in [0.15, 0.2) is 12.7 Å². The van der Waals surface area contributed by atoms with Crippen molar-refractivity contribution < 1.29 is 48.3 Å². The summed E-state index contributed by atoms with van der Waals surface area (Å²) in [5.41, 5.74) is -5.92. The maximum Gasteiger partial charge on any atom is 0.384 e. The normalized spacial score (nSPS) is 31.6. The summed E-state index contributed by atoms with van der Waals surface area (Å²) in [6.45, 7) is 2.48. The molecule has 0 aromatic heterocycles. The first-order valence-corrected chi connectivity index (χ1v) is 4.75. The van der Waals surface area contributed by atoms with Crippen LogP contribution in [0.1, 0.15) is 6.42 Å². The van der Waals surface area contributed by atoms with E-state index in [4.69, 9.17) is 0 Å². The number of halogens is 11. The second kappa shape index (κ2) is 3.79. The fourth-order valence-corrected chi connectivity index (χ4v) is 1.74. The molecule has 0 atom stereocenters. The Labute approximate surface area is 104 Å². The molecule has 20 heavy (non-hydrogen) atoms. The van der Waals surface area contributed by atoms with Crippen molar-refractivity contribution in [2.45, 2.75) is 41.7 Å². The highest BCUT2D eigenvalue weighted by molar-refractivity contribution is 5.27. The van der Waals surface area contributed by atoms with Crippen molar-refractivity contribution in [3.05, 3.63) is 12.7 Å². The second-order valence-electron chi connectivity index (χ2n) is 4.17.